The van der Waals surface area contributed by atoms with Gasteiger partial charge in [-0.05, 0) is 31.7 Å². The molecule has 1 aromatic carbocycles. The first kappa shape index (κ1) is 10.5. The van der Waals surface area contributed by atoms with E-state index in [1.807, 2.05) is 49.9 Å². The van der Waals surface area contributed by atoms with Crippen LogP contribution in [0.3, 0.4) is 0 Å². The number of methoxy groups -OCH3 is 1. The molecule has 5 radical (unpaired) electrons. The normalized spacial score (nSPS) is 19.1. The Labute approximate surface area is 90.9 Å². The van der Waals surface area contributed by atoms with Crippen molar-refractivity contribution in [1.29, 1.82) is 0 Å². The van der Waals surface area contributed by atoms with Crippen LogP contribution in [0.2, 0.25) is 0 Å². The molecule has 1 fully saturated rings. The molecular formula is C13H13O2. The zero-order chi connectivity index (χ0) is 10.7. The summed E-state index contributed by atoms with van der Waals surface area (Å²) < 4.78 is 5.20. The summed E-state index contributed by atoms with van der Waals surface area (Å²) in [5, 5.41) is 10.1. The summed E-state index contributed by atoms with van der Waals surface area (Å²) in [5.41, 5.74) is 0.797. The van der Waals surface area contributed by atoms with Crippen molar-refractivity contribution in [1.82, 2.24) is 0 Å². The zero-order valence-corrected chi connectivity index (χ0v) is 8.55. The summed E-state index contributed by atoms with van der Waals surface area (Å²) in [6.45, 7) is 0. The SMILES string of the molecule is COc1ccccc1C(O)[C]1[CH][CH][CH][CH]1. The predicted molar refractivity (Wildman–Crippen MR) is 58.4 cm³/mol. The maximum absolute atomic E-state index is 10.1. The van der Waals surface area contributed by atoms with Crippen LogP contribution in [-0.2, 0) is 0 Å². The molecule has 15 heavy (non-hydrogen) atoms. The first-order valence-corrected chi connectivity index (χ1v) is 4.85. The first-order valence-electron chi connectivity index (χ1n) is 4.85. The molecule has 2 nitrogen and oxygen atoms in total. The lowest BCUT2D eigenvalue weighted by Crippen LogP contribution is -2.09. The molecule has 0 bridgehead atoms. The third-order valence-corrected chi connectivity index (χ3v) is 2.44. The van der Waals surface area contributed by atoms with Crippen LogP contribution < -0.4 is 4.74 Å². The van der Waals surface area contributed by atoms with Crippen molar-refractivity contribution in [2.75, 3.05) is 7.11 Å². The molecule has 0 spiro atoms. The molecular weight excluding hydrogens is 188 g/mol. The molecule has 1 atom stereocenters. The monoisotopic (exact) mass is 201 g/mol. The van der Waals surface area contributed by atoms with E-state index in [4.69, 9.17) is 4.74 Å². The molecule has 0 heterocycles. The second-order valence-corrected chi connectivity index (χ2v) is 3.36. The lowest BCUT2D eigenvalue weighted by Gasteiger charge is -2.19. The van der Waals surface area contributed by atoms with Gasteiger partial charge in [-0.2, -0.15) is 0 Å². The third-order valence-electron chi connectivity index (χ3n) is 2.44. The minimum atomic E-state index is -0.615. The summed E-state index contributed by atoms with van der Waals surface area (Å²) in [6.07, 6.45) is 7.01. The Morgan fingerprint density at radius 3 is 2.47 bits per heavy atom. The van der Waals surface area contributed by atoms with E-state index in [0.717, 1.165) is 11.5 Å². The molecule has 2 rings (SSSR count). The molecule has 0 aromatic heterocycles. The van der Waals surface area contributed by atoms with Crippen LogP contribution in [0.4, 0.5) is 0 Å². The van der Waals surface area contributed by atoms with Crippen molar-refractivity contribution in [3.8, 4) is 5.75 Å². The van der Waals surface area contributed by atoms with Crippen LogP contribution in [0.5, 0.6) is 5.75 Å². The Balaban J connectivity index is 2.19. The number of hydrogen-bond donors (Lipinski definition) is 1. The van der Waals surface area contributed by atoms with Gasteiger partial charge in [-0.15, -0.1) is 0 Å². The van der Waals surface area contributed by atoms with Gasteiger partial charge in [-0.25, -0.2) is 0 Å². The standard InChI is InChI=1S/C13H13O2/c1-15-12-9-5-4-8-11(12)13(14)10-6-2-3-7-10/h2-9,13-14H,1H3. The Kier molecular flexibility index (Phi) is 3.27. The molecule has 0 aliphatic heterocycles. The summed E-state index contributed by atoms with van der Waals surface area (Å²) in [6, 6.07) is 7.50. The van der Waals surface area contributed by atoms with Crippen molar-refractivity contribution in [2.45, 2.75) is 6.10 Å². The van der Waals surface area contributed by atoms with Crippen LogP contribution in [0.1, 0.15) is 11.7 Å². The molecule has 1 aromatic rings. The molecule has 77 valence electrons. The Morgan fingerprint density at radius 1 is 1.13 bits per heavy atom. The minimum absolute atomic E-state index is 0.615. The van der Waals surface area contributed by atoms with Gasteiger partial charge in [0.1, 0.15) is 5.75 Å². The molecule has 0 amide bonds. The number of aliphatic hydroxyl groups is 1. The van der Waals surface area contributed by atoms with Crippen LogP contribution in [0.25, 0.3) is 0 Å². The van der Waals surface area contributed by atoms with Gasteiger partial charge in [-0.3, -0.25) is 0 Å². The first-order chi connectivity index (χ1) is 7.33. The summed E-state index contributed by atoms with van der Waals surface area (Å²) in [7, 11) is 1.61. The second kappa shape index (κ2) is 4.67. The highest BCUT2D eigenvalue weighted by atomic mass is 16.5. The van der Waals surface area contributed by atoms with Gasteiger partial charge < -0.3 is 9.84 Å². The van der Waals surface area contributed by atoms with Crippen molar-refractivity contribution in [2.24, 2.45) is 0 Å². The molecule has 1 saturated carbocycles. The highest BCUT2D eigenvalue weighted by Gasteiger charge is 2.27. The van der Waals surface area contributed by atoms with Crippen molar-refractivity contribution < 1.29 is 9.84 Å². The number of para-hydroxylation sites is 1. The molecule has 1 unspecified atom stereocenters. The van der Waals surface area contributed by atoms with E-state index in [1.165, 1.54) is 0 Å². The van der Waals surface area contributed by atoms with Crippen molar-refractivity contribution in [3.63, 3.8) is 0 Å². The Hall–Kier alpha value is -1.02. The van der Waals surface area contributed by atoms with Crippen LogP contribution >= 0.6 is 0 Å². The van der Waals surface area contributed by atoms with Gasteiger partial charge in [-0.1, -0.05) is 18.2 Å². The zero-order valence-electron chi connectivity index (χ0n) is 8.55. The maximum atomic E-state index is 10.1. The number of hydrogen-bond acceptors (Lipinski definition) is 2. The highest BCUT2D eigenvalue weighted by Crippen LogP contribution is 2.38. The summed E-state index contributed by atoms with van der Waals surface area (Å²) in [4.78, 5) is 0. The highest BCUT2D eigenvalue weighted by molar-refractivity contribution is 5.45. The fourth-order valence-corrected chi connectivity index (χ4v) is 1.64. The van der Waals surface area contributed by atoms with Crippen LogP contribution in [-0.4, -0.2) is 12.2 Å². The minimum Gasteiger partial charge on any atom is -0.496 e. The fraction of sp³-hybridized carbons (Fsp3) is 0.154. The lowest BCUT2D eigenvalue weighted by atomic mass is 9.94. The van der Waals surface area contributed by atoms with E-state index in [-0.39, 0.29) is 0 Å². The van der Waals surface area contributed by atoms with Gasteiger partial charge in [0.25, 0.3) is 0 Å². The molecule has 1 aliphatic rings. The largest absolute Gasteiger partial charge is 0.496 e. The van der Waals surface area contributed by atoms with E-state index < -0.39 is 6.10 Å². The van der Waals surface area contributed by atoms with E-state index in [0.29, 0.717) is 5.75 Å². The average molecular weight is 201 g/mol. The van der Waals surface area contributed by atoms with Crippen LogP contribution in [0.15, 0.2) is 24.3 Å². The average Bonchev–Trinajstić information content (AvgIpc) is 2.81. The Morgan fingerprint density at radius 2 is 1.80 bits per heavy atom. The number of benzene rings is 1. The van der Waals surface area contributed by atoms with Crippen molar-refractivity contribution >= 4 is 0 Å². The van der Waals surface area contributed by atoms with Gasteiger partial charge >= 0.3 is 0 Å². The van der Waals surface area contributed by atoms with E-state index in [1.54, 1.807) is 7.11 Å². The molecule has 1 N–H and O–H groups in total. The van der Waals surface area contributed by atoms with Crippen LogP contribution in [0, 0.1) is 31.6 Å². The third kappa shape index (κ3) is 2.15. The fourth-order valence-electron chi connectivity index (χ4n) is 1.64. The summed E-state index contributed by atoms with van der Waals surface area (Å²) >= 11 is 0. The second-order valence-electron chi connectivity index (χ2n) is 3.36. The number of rotatable bonds is 3. The van der Waals surface area contributed by atoms with Gasteiger partial charge in [0, 0.05) is 11.5 Å². The van der Waals surface area contributed by atoms with Gasteiger partial charge in [0.05, 0.1) is 13.2 Å². The smallest absolute Gasteiger partial charge is 0.124 e. The summed E-state index contributed by atoms with van der Waals surface area (Å²) in [5.74, 6) is 1.60. The van der Waals surface area contributed by atoms with E-state index in [9.17, 15) is 5.11 Å². The Bertz CT molecular complexity index is 316. The topological polar surface area (TPSA) is 29.5 Å². The molecule has 0 saturated heterocycles. The van der Waals surface area contributed by atoms with E-state index in [2.05, 4.69) is 0 Å². The number of ether oxygens (including phenoxy) is 1. The molecule has 1 aliphatic carbocycles. The predicted octanol–water partition coefficient (Wildman–Crippen LogP) is 2.13. The number of aliphatic hydroxyl groups excluding tert-OH is 1. The maximum Gasteiger partial charge on any atom is 0.124 e. The van der Waals surface area contributed by atoms with Gasteiger partial charge in [0.2, 0.25) is 0 Å². The quantitative estimate of drug-likeness (QED) is 0.811. The van der Waals surface area contributed by atoms with E-state index >= 15 is 0 Å². The van der Waals surface area contributed by atoms with Crippen molar-refractivity contribution in [3.05, 3.63) is 61.4 Å². The molecule has 2 heteroatoms. The van der Waals surface area contributed by atoms with Gasteiger partial charge in [0.15, 0.2) is 0 Å². The lowest BCUT2D eigenvalue weighted by molar-refractivity contribution is 0.195.